The van der Waals surface area contributed by atoms with Crippen LogP contribution < -0.4 is 15.6 Å². The Labute approximate surface area is 155 Å². The molecule has 27 heavy (non-hydrogen) atoms. The monoisotopic (exact) mass is 356 g/mol. The molecular formula is C22H16N2O3. The van der Waals surface area contributed by atoms with Gasteiger partial charge in [-0.25, -0.2) is 0 Å². The van der Waals surface area contributed by atoms with Crippen molar-refractivity contribution in [2.24, 2.45) is 0 Å². The Hall–Kier alpha value is -3.86. The number of H-pyrrole nitrogens is 1. The SMILES string of the molecule is O=C(Nc1cccc(Oc2ccccc2)c1)c1cc2ccccc2c(=O)[nH]1. The van der Waals surface area contributed by atoms with E-state index in [4.69, 9.17) is 4.74 Å². The molecule has 0 aliphatic heterocycles. The number of ether oxygens (including phenoxy) is 1. The number of rotatable bonds is 4. The van der Waals surface area contributed by atoms with Crippen LogP contribution in [0.3, 0.4) is 0 Å². The number of benzene rings is 3. The van der Waals surface area contributed by atoms with Gasteiger partial charge >= 0.3 is 0 Å². The van der Waals surface area contributed by atoms with E-state index in [-0.39, 0.29) is 11.3 Å². The molecule has 0 saturated heterocycles. The van der Waals surface area contributed by atoms with Gasteiger partial charge in [0.2, 0.25) is 0 Å². The smallest absolute Gasteiger partial charge is 0.272 e. The number of anilines is 1. The topological polar surface area (TPSA) is 71.2 Å². The number of carbonyl (C=O) groups excluding carboxylic acids is 1. The van der Waals surface area contributed by atoms with Crippen molar-refractivity contribution in [3.05, 3.63) is 101 Å². The van der Waals surface area contributed by atoms with Crippen molar-refractivity contribution in [2.75, 3.05) is 5.32 Å². The fourth-order valence-corrected chi connectivity index (χ4v) is 2.79. The number of hydrogen-bond acceptors (Lipinski definition) is 3. The molecule has 3 aromatic carbocycles. The second kappa shape index (κ2) is 7.17. The molecule has 0 aliphatic rings. The third kappa shape index (κ3) is 3.72. The zero-order valence-electron chi connectivity index (χ0n) is 14.3. The van der Waals surface area contributed by atoms with Crippen LogP contribution in [0.2, 0.25) is 0 Å². The van der Waals surface area contributed by atoms with Crippen LogP contribution in [0.5, 0.6) is 11.5 Å². The molecule has 0 spiro atoms. The third-order valence-corrected chi connectivity index (χ3v) is 4.07. The average Bonchev–Trinajstić information content (AvgIpc) is 2.69. The van der Waals surface area contributed by atoms with E-state index in [0.29, 0.717) is 28.0 Å². The quantitative estimate of drug-likeness (QED) is 0.562. The summed E-state index contributed by atoms with van der Waals surface area (Å²) in [4.78, 5) is 27.3. The van der Waals surface area contributed by atoms with Crippen LogP contribution in [0, 0.1) is 0 Å². The molecule has 2 N–H and O–H groups in total. The van der Waals surface area contributed by atoms with Crippen LogP contribution in [-0.4, -0.2) is 10.9 Å². The molecule has 1 heterocycles. The summed E-state index contributed by atoms with van der Waals surface area (Å²) in [6.45, 7) is 0. The molecular weight excluding hydrogens is 340 g/mol. The molecule has 4 rings (SSSR count). The zero-order chi connectivity index (χ0) is 18.6. The Morgan fingerprint density at radius 3 is 2.41 bits per heavy atom. The molecule has 0 saturated carbocycles. The molecule has 5 nitrogen and oxygen atoms in total. The van der Waals surface area contributed by atoms with E-state index in [9.17, 15) is 9.59 Å². The molecule has 0 bridgehead atoms. The Morgan fingerprint density at radius 1 is 0.815 bits per heavy atom. The highest BCUT2D eigenvalue weighted by atomic mass is 16.5. The van der Waals surface area contributed by atoms with Crippen LogP contribution in [0.25, 0.3) is 10.8 Å². The first kappa shape index (κ1) is 16.6. The van der Waals surface area contributed by atoms with Gasteiger partial charge in [-0.05, 0) is 41.8 Å². The number of aromatic nitrogens is 1. The number of nitrogens with one attached hydrogen (secondary N) is 2. The Bertz CT molecular complexity index is 1170. The number of hydrogen-bond donors (Lipinski definition) is 2. The summed E-state index contributed by atoms with van der Waals surface area (Å²) in [7, 11) is 0. The summed E-state index contributed by atoms with van der Waals surface area (Å²) < 4.78 is 5.77. The predicted molar refractivity (Wildman–Crippen MR) is 105 cm³/mol. The third-order valence-electron chi connectivity index (χ3n) is 4.07. The fourth-order valence-electron chi connectivity index (χ4n) is 2.79. The Kier molecular flexibility index (Phi) is 4.41. The van der Waals surface area contributed by atoms with Crippen molar-refractivity contribution in [3.8, 4) is 11.5 Å². The largest absolute Gasteiger partial charge is 0.457 e. The van der Waals surface area contributed by atoms with E-state index in [2.05, 4.69) is 10.3 Å². The van der Waals surface area contributed by atoms with Gasteiger partial charge in [0.05, 0.1) is 0 Å². The molecule has 1 amide bonds. The van der Waals surface area contributed by atoms with Crippen molar-refractivity contribution in [2.45, 2.75) is 0 Å². The van der Waals surface area contributed by atoms with Crippen molar-refractivity contribution < 1.29 is 9.53 Å². The van der Waals surface area contributed by atoms with E-state index in [1.165, 1.54) is 0 Å². The maximum atomic E-state index is 12.6. The highest BCUT2D eigenvalue weighted by Gasteiger charge is 2.10. The van der Waals surface area contributed by atoms with Crippen molar-refractivity contribution in [3.63, 3.8) is 0 Å². The predicted octanol–water partition coefficient (Wildman–Crippen LogP) is 4.57. The second-order valence-electron chi connectivity index (χ2n) is 6.00. The molecule has 0 radical (unpaired) electrons. The first-order chi connectivity index (χ1) is 13.2. The van der Waals surface area contributed by atoms with Gasteiger partial charge in [-0.2, -0.15) is 0 Å². The number of para-hydroxylation sites is 1. The maximum absolute atomic E-state index is 12.6. The van der Waals surface area contributed by atoms with Gasteiger partial charge in [-0.3, -0.25) is 9.59 Å². The van der Waals surface area contributed by atoms with E-state index in [1.807, 2.05) is 36.4 Å². The summed E-state index contributed by atoms with van der Waals surface area (Å²) in [5.74, 6) is 0.917. The van der Waals surface area contributed by atoms with Crippen molar-refractivity contribution in [1.29, 1.82) is 0 Å². The zero-order valence-corrected chi connectivity index (χ0v) is 14.3. The molecule has 4 aromatic rings. The normalized spacial score (nSPS) is 10.5. The molecule has 132 valence electrons. The van der Waals surface area contributed by atoms with Crippen LogP contribution >= 0.6 is 0 Å². The van der Waals surface area contributed by atoms with Crippen molar-refractivity contribution in [1.82, 2.24) is 4.98 Å². The molecule has 0 unspecified atom stereocenters. The summed E-state index contributed by atoms with van der Waals surface area (Å²) >= 11 is 0. The summed E-state index contributed by atoms with van der Waals surface area (Å²) in [5, 5.41) is 4.05. The fraction of sp³-hybridized carbons (Fsp3) is 0. The lowest BCUT2D eigenvalue weighted by Gasteiger charge is -2.09. The number of aromatic amines is 1. The highest BCUT2D eigenvalue weighted by Crippen LogP contribution is 2.24. The highest BCUT2D eigenvalue weighted by molar-refractivity contribution is 6.04. The second-order valence-corrected chi connectivity index (χ2v) is 6.00. The first-order valence-corrected chi connectivity index (χ1v) is 8.45. The first-order valence-electron chi connectivity index (χ1n) is 8.45. The van der Waals surface area contributed by atoms with Gasteiger partial charge in [-0.15, -0.1) is 0 Å². The molecule has 0 atom stereocenters. The lowest BCUT2D eigenvalue weighted by Crippen LogP contribution is -2.18. The average molecular weight is 356 g/mol. The Morgan fingerprint density at radius 2 is 1.56 bits per heavy atom. The minimum atomic E-state index is -0.394. The molecule has 5 heteroatoms. The minimum absolute atomic E-state index is 0.202. The molecule has 0 fully saturated rings. The van der Waals surface area contributed by atoms with Gasteiger partial charge in [0.1, 0.15) is 17.2 Å². The number of fused-ring (bicyclic) bond motifs is 1. The van der Waals surface area contributed by atoms with Gasteiger partial charge in [0, 0.05) is 17.1 Å². The minimum Gasteiger partial charge on any atom is -0.457 e. The van der Waals surface area contributed by atoms with E-state index in [0.717, 1.165) is 0 Å². The van der Waals surface area contributed by atoms with Crippen LogP contribution in [0.15, 0.2) is 89.7 Å². The standard InChI is InChI=1S/C22H16N2O3/c25-21-19-12-5-4-7-15(19)13-20(24-21)22(26)23-16-8-6-11-18(14-16)27-17-9-2-1-3-10-17/h1-14H,(H,23,26)(H,24,25). The number of amides is 1. The van der Waals surface area contributed by atoms with Crippen LogP contribution in [0.1, 0.15) is 10.5 Å². The molecule has 1 aromatic heterocycles. The van der Waals surface area contributed by atoms with Crippen LogP contribution in [0.4, 0.5) is 5.69 Å². The number of carbonyl (C=O) groups is 1. The van der Waals surface area contributed by atoms with Gasteiger partial charge in [-0.1, -0.05) is 42.5 Å². The van der Waals surface area contributed by atoms with Gasteiger partial charge in [0.15, 0.2) is 0 Å². The lowest BCUT2D eigenvalue weighted by molar-refractivity contribution is 0.102. The number of pyridine rings is 1. The molecule has 0 aliphatic carbocycles. The Balaban J connectivity index is 1.56. The van der Waals surface area contributed by atoms with Crippen molar-refractivity contribution >= 4 is 22.4 Å². The van der Waals surface area contributed by atoms with E-state index in [1.54, 1.807) is 48.5 Å². The lowest BCUT2D eigenvalue weighted by atomic mass is 10.1. The van der Waals surface area contributed by atoms with Gasteiger partial charge < -0.3 is 15.0 Å². The summed E-state index contributed by atoms with van der Waals surface area (Å²) in [5.41, 5.74) is 0.481. The van der Waals surface area contributed by atoms with E-state index >= 15 is 0 Å². The summed E-state index contributed by atoms with van der Waals surface area (Å²) in [6.07, 6.45) is 0. The maximum Gasteiger partial charge on any atom is 0.272 e. The summed E-state index contributed by atoms with van der Waals surface area (Å²) in [6, 6.07) is 25.3. The van der Waals surface area contributed by atoms with Crippen LogP contribution in [-0.2, 0) is 0 Å². The van der Waals surface area contributed by atoms with E-state index < -0.39 is 5.91 Å². The van der Waals surface area contributed by atoms with Gasteiger partial charge in [0.25, 0.3) is 11.5 Å².